The summed E-state index contributed by atoms with van der Waals surface area (Å²) >= 11 is 0. The van der Waals surface area contributed by atoms with Crippen molar-refractivity contribution in [1.82, 2.24) is 13.7 Å². The number of quaternary nitrogens is 3. The van der Waals surface area contributed by atoms with E-state index in [0.29, 0.717) is 33.1 Å². The molecule has 0 radical (unpaired) electrons. The molecular formula is C39H57N6O3+3. The summed E-state index contributed by atoms with van der Waals surface area (Å²) in [6.45, 7) is 10.9. The molecule has 0 aliphatic carbocycles. The van der Waals surface area contributed by atoms with E-state index in [4.69, 9.17) is 0 Å². The monoisotopic (exact) mass is 657 g/mol. The highest BCUT2D eigenvalue weighted by Gasteiger charge is 2.25. The Morgan fingerprint density at radius 1 is 0.438 bits per heavy atom. The van der Waals surface area contributed by atoms with Gasteiger partial charge in [-0.05, 0) is 20.8 Å². The van der Waals surface area contributed by atoms with Gasteiger partial charge >= 0.3 is 17.1 Å². The van der Waals surface area contributed by atoms with Gasteiger partial charge in [0.25, 0.3) is 0 Å². The highest BCUT2D eigenvalue weighted by atomic mass is 16.2. The second-order valence-electron chi connectivity index (χ2n) is 15.7. The summed E-state index contributed by atoms with van der Waals surface area (Å²) < 4.78 is 5.65. The molecule has 0 atom stereocenters. The van der Waals surface area contributed by atoms with Crippen molar-refractivity contribution < 1.29 is 13.4 Å². The fourth-order valence-electron chi connectivity index (χ4n) is 6.52. The Morgan fingerprint density at radius 2 is 0.688 bits per heavy atom. The van der Waals surface area contributed by atoms with E-state index in [1.807, 2.05) is 0 Å². The molecule has 0 fully saturated rings. The van der Waals surface area contributed by atoms with Gasteiger partial charge in [0, 0.05) is 16.7 Å². The van der Waals surface area contributed by atoms with Crippen molar-refractivity contribution in [3.8, 4) is 0 Å². The lowest BCUT2D eigenvalue weighted by molar-refractivity contribution is -0.904. The first-order valence-corrected chi connectivity index (χ1v) is 17.0. The van der Waals surface area contributed by atoms with Crippen LogP contribution in [0.25, 0.3) is 0 Å². The quantitative estimate of drug-likeness (QED) is 0.182. The van der Waals surface area contributed by atoms with Gasteiger partial charge < -0.3 is 13.4 Å². The first-order chi connectivity index (χ1) is 22.4. The molecule has 3 aromatic carbocycles. The van der Waals surface area contributed by atoms with Gasteiger partial charge in [0.1, 0.15) is 19.6 Å². The van der Waals surface area contributed by atoms with Gasteiger partial charge in [0.15, 0.2) is 0 Å². The molecule has 0 saturated heterocycles. The van der Waals surface area contributed by atoms with Gasteiger partial charge in [0.2, 0.25) is 0 Å². The molecular weight excluding hydrogens is 600 g/mol. The molecule has 0 bridgehead atoms. The molecule has 258 valence electrons. The van der Waals surface area contributed by atoms with E-state index in [1.54, 1.807) is 0 Å². The minimum atomic E-state index is -0.527. The van der Waals surface area contributed by atoms with Crippen LogP contribution in [-0.4, -0.2) is 89.1 Å². The second kappa shape index (κ2) is 15.0. The maximum absolute atomic E-state index is 14.0. The Morgan fingerprint density at radius 3 is 0.917 bits per heavy atom. The molecule has 9 nitrogen and oxygen atoms in total. The first-order valence-electron chi connectivity index (χ1n) is 17.0. The zero-order valence-electron chi connectivity index (χ0n) is 30.7. The fraction of sp³-hybridized carbons (Fsp3) is 0.462. The summed E-state index contributed by atoms with van der Waals surface area (Å²) in [5.41, 5.74) is 5.64. The smallest absolute Gasteiger partial charge is 0.323 e. The van der Waals surface area contributed by atoms with Crippen molar-refractivity contribution in [1.29, 1.82) is 0 Å². The van der Waals surface area contributed by atoms with Crippen LogP contribution >= 0.6 is 0 Å². The topological polar surface area (TPSA) is 66.0 Å². The number of hydrogen-bond donors (Lipinski definition) is 0. The average Bonchev–Trinajstić information content (AvgIpc) is 2.96. The minimum Gasteiger partial charge on any atom is -0.323 e. The lowest BCUT2D eigenvalue weighted by Gasteiger charge is -2.31. The molecule has 4 aromatic rings. The van der Waals surface area contributed by atoms with Crippen molar-refractivity contribution in [2.24, 2.45) is 0 Å². The molecule has 48 heavy (non-hydrogen) atoms. The van der Waals surface area contributed by atoms with Crippen LogP contribution in [0.2, 0.25) is 0 Å². The molecule has 0 aliphatic heterocycles. The molecule has 0 N–H and O–H groups in total. The number of aromatic nitrogens is 3. The van der Waals surface area contributed by atoms with E-state index >= 15 is 0 Å². The molecule has 1 aromatic heterocycles. The standard InChI is InChI=1S/C39H57N6O3/c1-31-13-10-16-34(25-31)28-43(4,5)22-19-40-37(46)41(20-23-44(6,7)29-35-17-11-14-32(2)26-35)39(48)42(38(40)47)21-24-45(8,9)30-36-18-12-15-33(3)27-36/h10-18,25-27H,19-24,28-30H2,1-9H3/q+3. The minimum absolute atomic E-state index is 0.222. The van der Waals surface area contributed by atoms with E-state index in [1.165, 1.54) is 47.1 Å². The number of nitrogens with zero attached hydrogens (tertiary/aromatic N) is 6. The van der Waals surface area contributed by atoms with Gasteiger partial charge in [0.05, 0.1) is 81.6 Å². The predicted octanol–water partition coefficient (Wildman–Crippen LogP) is 3.93. The van der Waals surface area contributed by atoms with Crippen LogP contribution in [0, 0.1) is 20.8 Å². The zero-order valence-corrected chi connectivity index (χ0v) is 30.7. The van der Waals surface area contributed by atoms with E-state index in [0.717, 1.165) is 19.6 Å². The van der Waals surface area contributed by atoms with Gasteiger partial charge in [-0.25, -0.2) is 28.1 Å². The SMILES string of the molecule is Cc1cccc(C[N+](C)(C)CCn2c(=O)n(CC[N+](C)(C)Cc3cccc(C)c3)c(=O)n(CC[N+](C)(C)Cc3cccc(C)c3)c2=O)c1. The molecule has 0 saturated carbocycles. The molecule has 4 rings (SSSR count). The van der Waals surface area contributed by atoms with E-state index in [2.05, 4.69) is 136 Å². The van der Waals surface area contributed by atoms with Gasteiger partial charge in [-0.1, -0.05) is 89.5 Å². The lowest BCUT2D eigenvalue weighted by Crippen LogP contribution is -2.58. The number of hydrogen-bond acceptors (Lipinski definition) is 3. The highest BCUT2D eigenvalue weighted by molar-refractivity contribution is 5.23. The average molecular weight is 658 g/mol. The first kappa shape index (κ1) is 36.8. The number of likely N-dealkylation sites (N-methyl/N-ethyl adjacent to an activating group) is 3. The Hall–Kier alpha value is -4.05. The van der Waals surface area contributed by atoms with E-state index in [-0.39, 0.29) is 19.6 Å². The van der Waals surface area contributed by atoms with Crippen LogP contribution in [0.3, 0.4) is 0 Å². The molecule has 1 heterocycles. The second-order valence-corrected chi connectivity index (χ2v) is 15.7. The zero-order chi connectivity index (χ0) is 35.3. The van der Waals surface area contributed by atoms with Crippen molar-refractivity contribution in [3.05, 3.63) is 138 Å². The third-order valence-electron chi connectivity index (χ3n) is 9.25. The third kappa shape index (κ3) is 10.2. The predicted molar refractivity (Wildman–Crippen MR) is 195 cm³/mol. The Balaban J connectivity index is 1.63. The fourth-order valence-corrected chi connectivity index (χ4v) is 6.52. The Kier molecular flexibility index (Phi) is 11.5. The van der Waals surface area contributed by atoms with Gasteiger partial charge in [-0.15, -0.1) is 0 Å². The van der Waals surface area contributed by atoms with Crippen molar-refractivity contribution in [2.75, 3.05) is 61.9 Å². The summed E-state index contributed by atoms with van der Waals surface area (Å²) in [6, 6.07) is 25.3. The van der Waals surface area contributed by atoms with Crippen molar-refractivity contribution >= 4 is 0 Å². The van der Waals surface area contributed by atoms with Crippen LogP contribution in [0.1, 0.15) is 33.4 Å². The highest BCUT2D eigenvalue weighted by Crippen LogP contribution is 2.14. The summed E-state index contributed by atoms with van der Waals surface area (Å²) in [4.78, 5) is 41.9. The maximum atomic E-state index is 14.0. The number of benzene rings is 3. The van der Waals surface area contributed by atoms with E-state index in [9.17, 15) is 14.4 Å². The van der Waals surface area contributed by atoms with Gasteiger partial charge in [-0.2, -0.15) is 0 Å². The molecule has 0 unspecified atom stereocenters. The summed E-state index contributed by atoms with van der Waals surface area (Å²) in [6.07, 6.45) is 0. The van der Waals surface area contributed by atoms with Crippen LogP contribution < -0.4 is 17.1 Å². The largest absolute Gasteiger partial charge is 0.336 e. The third-order valence-corrected chi connectivity index (χ3v) is 9.25. The van der Waals surface area contributed by atoms with Crippen LogP contribution in [0.15, 0.2) is 87.2 Å². The molecule has 0 amide bonds. The van der Waals surface area contributed by atoms with Crippen LogP contribution in [0.4, 0.5) is 0 Å². The maximum Gasteiger partial charge on any atom is 0.336 e. The Bertz CT molecular complexity index is 1650. The molecule has 0 aliphatic rings. The van der Waals surface area contributed by atoms with Crippen LogP contribution in [-0.2, 0) is 39.3 Å². The summed E-state index contributed by atoms with van der Waals surface area (Å²) in [5, 5.41) is 0. The normalized spacial score (nSPS) is 12.4. The summed E-state index contributed by atoms with van der Waals surface area (Å²) in [5.74, 6) is 0. The molecule has 9 heteroatoms. The van der Waals surface area contributed by atoms with Crippen LogP contribution in [0.5, 0.6) is 0 Å². The lowest BCUT2D eigenvalue weighted by atomic mass is 10.1. The number of rotatable bonds is 15. The van der Waals surface area contributed by atoms with Crippen molar-refractivity contribution in [2.45, 2.75) is 60.0 Å². The Labute approximate surface area is 286 Å². The van der Waals surface area contributed by atoms with Gasteiger partial charge in [-0.3, -0.25) is 0 Å². The molecule has 0 spiro atoms. The van der Waals surface area contributed by atoms with Crippen molar-refractivity contribution in [3.63, 3.8) is 0 Å². The van der Waals surface area contributed by atoms with E-state index < -0.39 is 17.1 Å². The summed E-state index contributed by atoms with van der Waals surface area (Å²) in [7, 11) is 12.7. The number of aryl methyl sites for hydroxylation is 3.